The molecule has 2 unspecified atom stereocenters. The molecule has 0 amide bonds. The maximum Gasteiger partial charge on any atom is 0.320 e. The van der Waals surface area contributed by atoms with Crippen LogP contribution in [0.1, 0.15) is 38.5 Å². The Morgan fingerprint density at radius 3 is 1.80 bits per heavy atom. The zero-order valence-corrected chi connectivity index (χ0v) is 24.1. The summed E-state index contributed by atoms with van der Waals surface area (Å²) in [5.74, 6) is -2.06. The number of hydrogen-bond acceptors (Lipinski definition) is 9. The Hall–Kier alpha value is -3.90. The second-order valence-electron chi connectivity index (χ2n) is 8.59. The molecule has 0 saturated heterocycles. The Balaban J connectivity index is -0.000000515. The van der Waals surface area contributed by atoms with Crippen LogP contribution in [0.15, 0.2) is 15.0 Å². The highest BCUT2D eigenvalue weighted by molar-refractivity contribution is 5.79. The molecular weight excluding hydrogens is 528 g/mol. The third-order valence-corrected chi connectivity index (χ3v) is 4.88. The summed E-state index contributed by atoms with van der Waals surface area (Å²) in [6.07, 6.45) is 3.31. The van der Waals surface area contributed by atoms with Gasteiger partial charge in [0, 0.05) is 60.7 Å². The molecule has 0 aliphatic heterocycles. The van der Waals surface area contributed by atoms with Gasteiger partial charge in [0.05, 0.1) is 11.9 Å². The van der Waals surface area contributed by atoms with Gasteiger partial charge in [0.25, 0.3) is 0 Å². The van der Waals surface area contributed by atoms with Gasteiger partial charge in [-0.2, -0.15) is 0 Å². The Kier molecular flexibility index (Phi) is 25.8. The van der Waals surface area contributed by atoms with Crippen molar-refractivity contribution >= 4 is 35.8 Å². The number of nitrogens with zero attached hydrogens (tertiary/aromatic N) is 4. The molecule has 0 radical (unpaired) electrons. The topological polar surface area (TPSA) is 341 Å². The first-order valence-electron chi connectivity index (χ1n) is 12.6. The molecule has 0 aromatic heterocycles. The minimum absolute atomic E-state index is 0.0129. The smallest absolute Gasteiger partial charge is 0.320 e. The molecule has 0 spiro atoms. The average Bonchev–Trinajstić information content (AvgIpc) is 2.88. The van der Waals surface area contributed by atoms with Gasteiger partial charge in [0.15, 0.2) is 17.9 Å². The van der Waals surface area contributed by atoms with E-state index in [4.69, 9.17) is 28.0 Å². The molecule has 0 heterocycles. The minimum Gasteiger partial charge on any atom is -0.544 e. The van der Waals surface area contributed by atoms with Crippen LogP contribution in [0.5, 0.6) is 0 Å². The van der Waals surface area contributed by atoms with Gasteiger partial charge in [-0.1, -0.05) is 0 Å². The van der Waals surface area contributed by atoms with Crippen molar-refractivity contribution in [3.63, 3.8) is 0 Å². The van der Waals surface area contributed by atoms with E-state index in [1.54, 1.807) is 33.1 Å². The van der Waals surface area contributed by atoms with Crippen LogP contribution in [-0.2, 0) is 14.4 Å². The first-order valence-corrected chi connectivity index (χ1v) is 12.6. The van der Waals surface area contributed by atoms with Crippen LogP contribution in [0.3, 0.4) is 0 Å². The maximum absolute atomic E-state index is 10.3. The summed E-state index contributed by atoms with van der Waals surface area (Å²) in [6.45, 7) is 1.61. The van der Waals surface area contributed by atoms with Gasteiger partial charge in [-0.05, 0) is 25.7 Å². The standard InChI is InChI=1S/2C8H18N4O2.C6H14N4O2/c1-12(2)8(10)11-5-3-4-6(9)7(13)14;1-10-8(11-2)12-5-3-4-6(9)7(13)14;7-4(5(11)12)2-1-3-10-6(8)9/h6H,3-5,9H2,1-2H3,(H2,10,11)(H,13,14);6H,3-5,9H2,1-2H3,(H,13,14)(H2,10,11,12);4H,1-3,7H2,(H,11,12)(H4,8,9,10)/t;;4-/m..0/s1. The Morgan fingerprint density at radius 1 is 0.925 bits per heavy atom. The van der Waals surface area contributed by atoms with Crippen LogP contribution in [0.2, 0.25) is 0 Å². The number of hydrogen-bond donors (Lipinski definition) is 9. The lowest BCUT2D eigenvalue weighted by Crippen LogP contribution is -2.68. The summed E-state index contributed by atoms with van der Waals surface area (Å²) in [5.41, 5.74) is 27.7. The molecule has 3 atom stereocenters. The summed E-state index contributed by atoms with van der Waals surface area (Å²) in [4.78, 5) is 44.1. The van der Waals surface area contributed by atoms with E-state index in [2.05, 4.69) is 37.1 Å². The second-order valence-corrected chi connectivity index (χ2v) is 8.59. The quantitative estimate of drug-likeness (QED) is 0.0495. The Labute approximate surface area is 235 Å². The van der Waals surface area contributed by atoms with E-state index in [9.17, 15) is 24.6 Å². The highest BCUT2D eigenvalue weighted by Crippen LogP contribution is 1.95. The third-order valence-electron chi connectivity index (χ3n) is 4.88. The lowest BCUT2D eigenvalue weighted by atomic mass is 10.2. The zero-order valence-electron chi connectivity index (χ0n) is 24.1. The van der Waals surface area contributed by atoms with E-state index in [1.807, 2.05) is 0 Å². The van der Waals surface area contributed by atoms with Gasteiger partial charge in [0.2, 0.25) is 0 Å². The van der Waals surface area contributed by atoms with Gasteiger partial charge in [-0.15, -0.1) is 0 Å². The van der Waals surface area contributed by atoms with Gasteiger partial charge in [0.1, 0.15) is 18.1 Å². The lowest BCUT2D eigenvalue weighted by molar-refractivity contribution is -0.438. The molecule has 0 aliphatic rings. The van der Waals surface area contributed by atoms with Crippen molar-refractivity contribution in [2.45, 2.75) is 56.7 Å². The van der Waals surface area contributed by atoms with E-state index in [1.165, 1.54) is 0 Å². The third kappa shape index (κ3) is 27.1. The SMILES string of the molecule is CN(C)C(N)=NCCCC([NH3+])C(=O)[O-].CN=C(NC)NCCCC([NH3+])C(=O)[O-].NC(N)=NCCC[C@H](N)C(=O)O. The summed E-state index contributed by atoms with van der Waals surface area (Å²) in [7, 11) is 7.03. The largest absolute Gasteiger partial charge is 0.544 e. The molecule has 234 valence electrons. The first kappa shape index (κ1) is 40.6. The number of nitrogens with one attached hydrogen (secondary N) is 2. The van der Waals surface area contributed by atoms with Gasteiger partial charge in [-0.3, -0.25) is 19.8 Å². The molecule has 0 saturated carbocycles. The molecule has 40 heavy (non-hydrogen) atoms. The summed E-state index contributed by atoms with van der Waals surface area (Å²) < 4.78 is 0. The fourth-order valence-electron chi connectivity index (χ4n) is 2.39. The van der Waals surface area contributed by atoms with Crippen molar-refractivity contribution in [2.75, 3.05) is 47.8 Å². The number of quaternary nitrogens is 2. The van der Waals surface area contributed by atoms with Gasteiger partial charge < -0.3 is 74.8 Å². The molecule has 0 aliphatic carbocycles. The Morgan fingerprint density at radius 2 is 1.40 bits per heavy atom. The molecule has 18 heteroatoms. The lowest BCUT2D eigenvalue weighted by Gasteiger charge is -2.11. The predicted octanol–water partition coefficient (Wildman–Crippen LogP) is -7.62. The van der Waals surface area contributed by atoms with Crippen LogP contribution >= 0.6 is 0 Å². The van der Waals surface area contributed by atoms with Gasteiger partial charge >= 0.3 is 5.97 Å². The molecule has 0 fully saturated rings. The summed E-state index contributed by atoms with van der Waals surface area (Å²) in [5, 5.41) is 34.9. The van der Waals surface area contributed by atoms with Crippen molar-refractivity contribution in [3.8, 4) is 0 Å². The molecule has 0 aromatic carbocycles. The average molecular weight is 579 g/mol. The minimum atomic E-state index is -1.12. The molecule has 18 nitrogen and oxygen atoms in total. The number of rotatable bonds is 15. The number of carboxylic acid groups (broad SMARTS) is 3. The summed E-state index contributed by atoms with van der Waals surface area (Å²) >= 11 is 0. The van der Waals surface area contributed by atoms with Crippen molar-refractivity contribution < 1.29 is 41.2 Å². The van der Waals surface area contributed by atoms with Crippen LogP contribution in [0.4, 0.5) is 0 Å². The fourth-order valence-corrected chi connectivity index (χ4v) is 2.39. The number of aliphatic imine (C=N–C) groups is 3. The van der Waals surface area contributed by atoms with E-state index in [0.29, 0.717) is 63.7 Å². The summed E-state index contributed by atoms with van der Waals surface area (Å²) in [6, 6.07) is -2.11. The monoisotopic (exact) mass is 578 g/mol. The number of nitrogens with two attached hydrogens (primary N) is 4. The van der Waals surface area contributed by atoms with E-state index < -0.39 is 36.0 Å². The van der Waals surface area contributed by atoms with Crippen LogP contribution in [-0.4, -0.2) is 112 Å². The first-order chi connectivity index (χ1) is 18.6. The number of guanidine groups is 3. The van der Waals surface area contributed by atoms with Crippen LogP contribution < -0.4 is 55.2 Å². The highest BCUT2D eigenvalue weighted by atomic mass is 16.4. The number of carbonyl (C=O) groups excluding carboxylic acids is 2. The normalized spacial score (nSPS) is 13.2. The van der Waals surface area contributed by atoms with Crippen molar-refractivity contribution in [2.24, 2.45) is 37.9 Å². The molecule has 0 bridgehead atoms. The van der Waals surface area contributed by atoms with E-state index in [-0.39, 0.29) is 5.96 Å². The molecule has 0 aromatic rings. The van der Waals surface area contributed by atoms with Crippen molar-refractivity contribution in [1.82, 2.24) is 15.5 Å². The molecule has 0 rings (SSSR count). The maximum atomic E-state index is 10.3. The van der Waals surface area contributed by atoms with Crippen molar-refractivity contribution in [3.05, 3.63) is 0 Å². The number of carbonyl (C=O) groups is 3. The molecule has 17 N–H and O–H groups in total. The highest BCUT2D eigenvalue weighted by Gasteiger charge is 2.09. The second kappa shape index (κ2) is 25.4. The fraction of sp³-hybridized carbons (Fsp3) is 0.727. The van der Waals surface area contributed by atoms with Gasteiger partial charge in [-0.25, -0.2) is 0 Å². The van der Waals surface area contributed by atoms with Crippen LogP contribution in [0, 0.1) is 0 Å². The zero-order chi connectivity index (χ0) is 31.7. The number of aliphatic carboxylic acids is 3. The predicted molar refractivity (Wildman–Crippen MR) is 148 cm³/mol. The molecular formula is C22H50N12O6. The number of carboxylic acids is 3. The van der Waals surface area contributed by atoms with E-state index in [0.717, 1.165) is 6.42 Å². The van der Waals surface area contributed by atoms with E-state index >= 15 is 0 Å². The Bertz CT molecular complexity index is 803. The van der Waals surface area contributed by atoms with Crippen LogP contribution in [0.25, 0.3) is 0 Å². The van der Waals surface area contributed by atoms with Crippen molar-refractivity contribution in [1.29, 1.82) is 0 Å².